The van der Waals surface area contributed by atoms with Crippen molar-refractivity contribution in [1.29, 1.82) is 0 Å². The Hall–Kier alpha value is -5.74. The van der Waals surface area contributed by atoms with E-state index in [9.17, 15) is 9.59 Å². The summed E-state index contributed by atoms with van der Waals surface area (Å²) in [4.78, 5) is 24.4. The maximum atomic E-state index is 12.2. The van der Waals surface area contributed by atoms with Gasteiger partial charge in [-0.2, -0.15) is 0 Å². The van der Waals surface area contributed by atoms with Crippen LogP contribution in [-0.4, -0.2) is 25.2 Å². The molecule has 4 nitrogen and oxygen atoms in total. The molecule has 0 unspecified atom stereocenters. The zero-order valence-corrected chi connectivity index (χ0v) is 29.2. The lowest BCUT2D eigenvalue weighted by atomic mass is 9.71. The SMILES string of the molecule is CC=CC(=O)OCCCC1(CCCOC(=O)C=CC)c2ccc(-c3cccc4ccccc34)cc2-c2cc(-c3cccc4ccccc34)ccc21. The summed E-state index contributed by atoms with van der Waals surface area (Å²) in [6.07, 6.45) is 9.25. The van der Waals surface area contributed by atoms with E-state index in [1.54, 1.807) is 12.2 Å². The molecule has 0 spiro atoms. The third-order valence-corrected chi connectivity index (χ3v) is 10.2. The van der Waals surface area contributed by atoms with Crippen LogP contribution in [0.15, 0.2) is 146 Å². The molecule has 1 aliphatic rings. The van der Waals surface area contributed by atoms with Gasteiger partial charge in [-0.15, -0.1) is 0 Å². The molecule has 1 aliphatic carbocycles. The Bertz CT molecular complexity index is 2120. The minimum atomic E-state index is -0.362. The van der Waals surface area contributed by atoms with E-state index >= 15 is 0 Å². The summed E-state index contributed by atoms with van der Waals surface area (Å²) in [5, 5.41) is 4.87. The van der Waals surface area contributed by atoms with Crippen molar-refractivity contribution < 1.29 is 19.1 Å². The van der Waals surface area contributed by atoms with Gasteiger partial charge in [-0.1, -0.05) is 121 Å². The number of rotatable bonds is 12. The molecule has 0 fully saturated rings. The highest BCUT2D eigenvalue weighted by atomic mass is 16.5. The van der Waals surface area contributed by atoms with Gasteiger partial charge in [-0.05, 0) is 118 Å². The van der Waals surface area contributed by atoms with Crippen molar-refractivity contribution in [2.24, 2.45) is 0 Å². The Morgan fingerprint density at radius 3 is 1.41 bits per heavy atom. The summed E-state index contributed by atoms with van der Waals surface area (Å²) in [7, 11) is 0. The van der Waals surface area contributed by atoms with Gasteiger partial charge in [-0.3, -0.25) is 0 Å². The van der Waals surface area contributed by atoms with Crippen molar-refractivity contribution >= 4 is 33.5 Å². The molecule has 0 N–H and O–H groups in total. The van der Waals surface area contributed by atoms with Crippen molar-refractivity contribution in [3.63, 3.8) is 0 Å². The second-order valence-corrected chi connectivity index (χ2v) is 13.2. The van der Waals surface area contributed by atoms with Crippen LogP contribution in [0.3, 0.4) is 0 Å². The second kappa shape index (κ2) is 15.0. The molecule has 51 heavy (non-hydrogen) atoms. The highest BCUT2D eigenvalue weighted by Crippen LogP contribution is 2.55. The van der Waals surface area contributed by atoms with Gasteiger partial charge in [0.2, 0.25) is 0 Å². The van der Waals surface area contributed by atoms with Gasteiger partial charge in [0, 0.05) is 17.6 Å². The van der Waals surface area contributed by atoms with Crippen molar-refractivity contribution in [3.8, 4) is 33.4 Å². The monoisotopic (exact) mass is 670 g/mol. The summed E-state index contributed by atoms with van der Waals surface area (Å²) in [6, 6.07) is 43.9. The summed E-state index contributed by atoms with van der Waals surface area (Å²) in [5.74, 6) is -0.650. The lowest BCUT2D eigenvalue weighted by molar-refractivity contribution is -0.138. The van der Waals surface area contributed by atoms with Crippen LogP contribution in [0.4, 0.5) is 0 Å². The van der Waals surface area contributed by atoms with Crippen LogP contribution in [0.5, 0.6) is 0 Å². The van der Waals surface area contributed by atoms with E-state index < -0.39 is 0 Å². The van der Waals surface area contributed by atoms with Gasteiger partial charge in [0.1, 0.15) is 0 Å². The summed E-state index contributed by atoms with van der Waals surface area (Å²) in [5.41, 5.74) is 9.33. The predicted molar refractivity (Wildman–Crippen MR) is 209 cm³/mol. The van der Waals surface area contributed by atoms with Crippen LogP contribution in [0.1, 0.15) is 50.7 Å². The van der Waals surface area contributed by atoms with Gasteiger partial charge in [0.25, 0.3) is 0 Å². The molecule has 0 aromatic heterocycles. The van der Waals surface area contributed by atoms with Crippen LogP contribution in [0.2, 0.25) is 0 Å². The molecule has 0 radical (unpaired) electrons. The van der Waals surface area contributed by atoms with Gasteiger partial charge < -0.3 is 9.47 Å². The van der Waals surface area contributed by atoms with Crippen molar-refractivity contribution in [1.82, 2.24) is 0 Å². The minimum Gasteiger partial charge on any atom is -0.463 e. The first-order valence-corrected chi connectivity index (χ1v) is 17.9. The van der Waals surface area contributed by atoms with E-state index in [-0.39, 0.29) is 17.4 Å². The van der Waals surface area contributed by atoms with Crippen LogP contribution in [0.25, 0.3) is 54.9 Å². The third-order valence-electron chi connectivity index (χ3n) is 10.2. The van der Waals surface area contributed by atoms with Crippen molar-refractivity contribution in [3.05, 3.63) is 157 Å². The first-order chi connectivity index (χ1) is 25.0. The molecule has 0 saturated carbocycles. The largest absolute Gasteiger partial charge is 0.463 e. The van der Waals surface area contributed by atoms with E-state index in [0.717, 1.165) is 12.8 Å². The number of hydrogen-bond acceptors (Lipinski definition) is 4. The number of fused-ring (bicyclic) bond motifs is 5. The Morgan fingerprint density at radius 1 is 0.529 bits per heavy atom. The number of ether oxygens (including phenoxy) is 2. The number of allylic oxidation sites excluding steroid dienone is 2. The van der Waals surface area contributed by atoms with E-state index in [2.05, 4.69) is 121 Å². The van der Waals surface area contributed by atoms with Crippen LogP contribution in [0, 0.1) is 0 Å². The fourth-order valence-electron chi connectivity index (χ4n) is 7.93. The van der Waals surface area contributed by atoms with Crippen LogP contribution < -0.4 is 0 Å². The molecular weight excluding hydrogens is 629 g/mol. The van der Waals surface area contributed by atoms with Crippen molar-refractivity contribution in [2.45, 2.75) is 44.9 Å². The fourth-order valence-corrected chi connectivity index (χ4v) is 7.93. The molecule has 0 amide bonds. The molecule has 4 heteroatoms. The third kappa shape index (κ3) is 6.74. The zero-order valence-electron chi connectivity index (χ0n) is 29.2. The number of hydrogen-bond donors (Lipinski definition) is 0. The smallest absolute Gasteiger partial charge is 0.330 e. The molecule has 7 rings (SSSR count). The molecule has 254 valence electrons. The lowest BCUT2D eigenvalue weighted by Gasteiger charge is -2.33. The van der Waals surface area contributed by atoms with E-state index in [1.165, 1.54) is 78.2 Å². The van der Waals surface area contributed by atoms with Crippen LogP contribution in [-0.2, 0) is 24.5 Å². The Labute approximate surface area is 300 Å². The fraction of sp³-hybridized carbons (Fsp3) is 0.191. The number of carbonyl (C=O) groups excluding carboxylic acids is 2. The summed E-state index contributed by atoms with van der Waals surface area (Å²) >= 11 is 0. The van der Waals surface area contributed by atoms with Gasteiger partial charge in [0.05, 0.1) is 13.2 Å². The topological polar surface area (TPSA) is 52.6 Å². The molecule has 0 atom stereocenters. The Morgan fingerprint density at radius 2 is 0.961 bits per heavy atom. The molecule has 0 aliphatic heterocycles. The standard InChI is InChI=1S/C47H42O4/c1-3-13-45(48)50-29-11-27-47(28-12-30-51-46(49)14-4-2)43-25-23-35(39-21-9-17-33-15-5-7-19-37(33)39)31-41(43)42-32-36(24-26-44(42)47)40-22-10-18-34-16-6-8-20-38(34)40/h3-10,13-26,31-32H,11-12,27-30H2,1-2H3. The average Bonchev–Trinajstić information content (AvgIpc) is 3.43. The number of benzene rings is 6. The summed E-state index contributed by atoms with van der Waals surface area (Å²) in [6.45, 7) is 4.28. The Kier molecular flexibility index (Phi) is 9.94. The zero-order chi connectivity index (χ0) is 35.2. The number of carbonyl (C=O) groups is 2. The maximum absolute atomic E-state index is 12.2. The quantitative estimate of drug-likeness (QED) is 0.0739. The van der Waals surface area contributed by atoms with E-state index in [4.69, 9.17) is 9.47 Å². The second-order valence-electron chi connectivity index (χ2n) is 13.2. The molecule has 0 saturated heterocycles. The molecule has 0 bridgehead atoms. The first kappa shape index (κ1) is 33.7. The van der Waals surface area contributed by atoms with Crippen molar-refractivity contribution in [2.75, 3.05) is 13.2 Å². The van der Waals surface area contributed by atoms with Gasteiger partial charge in [0.15, 0.2) is 0 Å². The van der Waals surface area contributed by atoms with E-state index in [1.807, 2.05) is 13.8 Å². The van der Waals surface area contributed by atoms with Gasteiger partial charge >= 0.3 is 11.9 Å². The minimum absolute atomic E-state index is 0.325. The predicted octanol–water partition coefficient (Wildman–Crippen LogP) is 11.4. The van der Waals surface area contributed by atoms with Crippen LogP contribution >= 0.6 is 0 Å². The normalized spacial score (nSPS) is 13.1. The van der Waals surface area contributed by atoms with E-state index in [0.29, 0.717) is 26.1 Å². The molecule has 6 aromatic rings. The molecular formula is C47H42O4. The van der Waals surface area contributed by atoms with Gasteiger partial charge in [-0.25, -0.2) is 9.59 Å². The highest BCUT2D eigenvalue weighted by Gasteiger charge is 2.42. The number of esters is 2. The molecule has 6 aromatic carbocycles. The first-order valence-electron chi connectivity index (χ1n) is 17.9. The maximum Gasteiger partial charge on any atom is 0.330 e. The highest BCUT2D eigenvalue weighted by molar-refractivity contribution is 6.00. The summed E-state index contributed by atoms with van der Waals surface area (Å²) < 4.78 is 11.2. The molecule has 0 heterocycles. The average molecular weight is 671 g/mol. The Balaban J connectivity index is 1.36. The lowest BCUT2D eigenvalue weighted by Crippen LogP contribution is -2.27.